The lowest BCUT2D eigenvalue weighted by Crippen LogP contribution is -2.44. The number of halogens is 2. The predicted octanol–water partition coefficient (Wildman–Crippen LogP) is 2.28. The van der Waals surface area contributed by atoms with Gasteiger partial charge in [-0.3, -0.25) is 0 Å². The Balaban J connectivity index is 2.11. The van der Waals surface area contributed by atoms with E-state index in [1.807, 2.05) is 0 Å². The maximum absolute atomic E-state index is 12.3. The van der Waals surface area contributed by atoms with Crippen LogP contribution in [0.4, 0.5) is 19.3 Å². The van der Waals surface area contributed by atoms with Crippen molar-refractivity contribution in [2.24, 2.45) is 0 Å². The Labute approximate surface area is 123 Å². The van der Waals surface area contributed by atoms with Crippen molar-refractivity contribution < 1.29 is 28.2 Å². The van der Waals surface area contributed by atoms with Crippen LogP contribution in [0.1, 0.15) is 0 Å². The van der Waals surface area contributed by atoms with Crippen LogP contribution in [0.3, 0.4) is 0 Å². The van der Waals surface area contributed by atoms with Gasteiger partial charge in [0.05, 0.1) is 11.6 Å². The van der Waals surface area contributed by atoms with Crippen molar-refractivity contribution in [1.29, 1.82) is 0 Å². The van der Waals surface area contributed by atoms with Crippen molar-refractivity contribution in [3.63, 3.8) is 0 Å². The van der Waals surface area contributed by atoms with E-state index in [-0.39, 0.29) is 23.1 Å². The van der Waals surface area contributed by atoms with Gasteiger partial charge in [0.25, 0.3) is 0 Å². The first-order chi connectivity index (χ1) is 9.99. The molecule has 1 saturated heterocycles. The molecule has 6 nitrogen and oxygen atoms in total. The van der Waals surface area contributed by atoms with E-state index in [0.29, 0.717) is 0 Å². The van der Waals surface area contributed by atoms with Gasteiger partial charge in [0.2, 0.25) is 0 Å². The zero-order valence-electron chi connectivity index (χ0n) is 10.7. The highest BCUT2D eigenvalue weighted by Gasteiger charge is 2.34. The number of anilines is 1. The summed E-state index contributed by atoms with van der Waals surface area (Å²) in [6, 6.07) is 4.11. The van der Waals surface area contributed by atoms with Crippen molar-refractivity contribution in [1.82, 2.24) is 4.90 Å². The number of hydrogen-bond donors (Lipinski definition) is 2. The van der Waals surface area contributed by atoms with Crippen LogP contribution in [0.25, 0.3) is 0 Å². The van der Waals surface area contributed by atoms with Crippen LogP contribution in [0, 0.1) is 0 Å². The van der Waals surface area contributed by atoms with Crippen molar-refractivity contribution in [2.75, 3.05) is 16.9 Å². The largest absolute Gasteiger partial charge is 0.480 e. The van der Waals surface area contributed by atoms with Gasteiger partial charge in [-0.05, 0) is 12.1 Å². The van der Waals surface area contributed by atoms with Gasteiger partial charge in [0.1, 0.15) is 11.8 Å². The highest BCUT2D eigenvalue weighted by atomic mass is 32.2. The molecule has 9 heteroatoms. The van der Waals surface area contributed by atoms with E-state index in [9.17, 15) is 18.4 Å². The van der Waals surface area contributed by atoms with Crippen molar-refractivity contribution in [2.45, 2.75) is 12.7 Å². The number of ether oxygens (including phenoxy) is 1. The van der Waals surface area contributed by atoms with E-state index >= 15 is 0 Å². The zero-order valence-corrected chi connectivity index (χ0v) is 11.5. The summed E-state index contributed by atoms with van der Waals surface area (Å²) in [4.78, 5) is 24.2. The van der Waals surface area contributed by atoms with Crippen LogP contribution in [-0.4, -0.2) is 46.3 Å². The Morgan fingerprint density at radius 2 is 2.14 bits per heavy atom. The highest BCUT2D eigenvalue weighted by molar-refractivity contribution is 7.99. The van der Waals surface area contributed by atoms with Crippen LogP contribution < -0.4 is 10.1 Å². The molecule has 1 unspecified atom stereocenters. The minimum absolute atomic E-state index is 0.0591. The third-order valence-electron chi connectivity index (χ3n) is 2.77. The average molecular weight is 318 g/mol. The number of alkyl halides is 2. The van der Waals surface area contributed by atoms with E-state index < -0.39 is 24.7 Å². The van der Waals surface area contributed by atoms with E-state index in [1.54, 1.807) is 6.07 Å². The number of nitrogens with one attached hydrogen (secondary N) is 1. The van der Waals surface area contributed by atoms with Crippen molar-refractivity contribution >= 4 is 29.4 Å². The number of thioether (sulfide) groups is 1. The minimum Gasteiger partial charge on any atom is -0.480 e. The first kappa shape index (κ1) is 15.4. The van der Waals surface area contributed by atoms with Crippen LogP contribution in [0.2, 0.25) is 0 Å². The molecule has 0 aromatic heterocycles. The molecule has 1 atom stereocenters. The molecule has 0 aliphatic carbocycles. The fourth-order valence-electron chi connectivity index (χ4n) is 1.80. The van der Waals surface area contributed by atoms with Crippen LogP contribution >= 0.6 is 11.8 Å². The van der Waals surface area contributed by atoms with Gasteiger partial charge in [0, 0.05) is 5.75 Å². The summed E-state index contributed by atoms with van der Waals surface area (Å²) < 4.78 is 28.9. The summed E-state index contributed by atoms with van der Waals surface area (Å²) in [5.74, 6) is -0.773. The molecular formula is C12H12F2N2O4S. The Bertz CT molecular complexity index is 544. The minimum atomic E-state index is -3.02. The van der Waals surface area contributed by atoms with Gasteiger partial charge in [-0.15, -0.1) is 11.8 Å². The molecule has 1 aliphatic rings. The summed E-state index contributed by atoms with van der Waals surface area (Å²) >= 11 is 1.31. The molecule has 0 saturated carbocycles. The number of para-hydroxylation sites is 2. The molecule has 1 aromatic carbocycles. The molecule has 0 radical (unpaired) electrons. The third kappa shape index (κ3) is 3.75. The van der Waals surface area contributed by atoms with E-state index in [1.165, 1.54) is 30.0 Å². The zero-order chi connectivity index (χ0) is 15.4. The van der Waals surface area contributed by atoms with Crippen LogP contribution in [-0.2, 0) is 4.79 Å². The number of carbonyl (C=O) groups is 2. The van der Waals surface area contributed by atoms with E-state index in [0.717, 1.165) is 4.90 Å². The topological polar surface area (TPSA) is 78.9 Å². The fourth-order valence-corrected chi connectivity index (χ4v) is 2.95. The van der Waals surface area contributed by atoms with Gasteiger partial charge >= 0.3 is 18.6 Å². The quantitative estimate of drug-likeness (QED) is 0.890. The molecule has 21 heavy (non-hydrogen) atoms. The highest BCUT2D eigenvalue weighted by Crippen LogP contribution is 2.27. The fraction of sp³-hybridized carbons (Fsp3) is 0.333. The van der Waals surface area contributed by atoms with E-state index in [2.05, 4.69) is 10.1 Å². The number of rotatable bonds is 4. The van der Waals surface area contributed by atoms with Gasteiger partial charge in [-0.1, -0.05) is 12.1 Å². The molecule has 1 fully saturated rings. The summed E-state index contributed by atoms with van der Waals surface area (Å²) in [5.41, 5.74) is 0.0591. The molecule has 2 amide bonds. The van der Waals surface area contributed by atoms with Gasteiger partial charge < -0.3 is 20.1 Å². The van der Waals surface area contributed by atoms with Gasteiger partial charge in [-0.25, -0.2) is 9.59 Å². The number of nitrogens with zero attached hydrogens (tertiary/aromatic N) is 1. The molecule has 2 rings (SSSR count). The van der Waals surface area contributed by atoms with Crippen molar-refractivity contribution in [3.8, 4) is 5.75 Å². The first-order valence-corrected chi connectivity index (χ1v) is 7.06. The summed E-state index contributed by atoms with van der Waals surface area (Å²) in [7, 11) is 0. The second-order valence-electron chi connectivity index (χ2n) is 4.13. The molecule has 114 valence electrons. The lowest BCUT2D eigenvalue weighted by Gasteiger charge is -2.21. The normalized spacial score (nSPS) is 17.9. The maximum Gasteiger partial charge on any atom is 0.387 e. The third-order valence-corrected chi connectivity index (χ3v) is 3.79. The van der Waals surface area contributed by atoms with Gasteiger partial charge in [0.15, 0.2) is 0 Å². The number of carboxylic acid groups (broad SMARTS) is 1. The van der Waals surface area contributed by atoms with Crippen molar-refractivity contribution in [3.05, 3.63) is 24.3 Å². The Morgan fingerprint density at radius 1 is 1.43 bits per heavy atom. The molecule has 0 bridgehead atoms. The van der Waals surface area contributed by atoms with E-state index in [4.69, 9.17) is 5.11 Å². The summed E-state index contributed by atoms with van der Waals surface area (Å²) in [6.45, 7) is -3.02. The maximum atomic E-state index is 12.3. The smallest absolute Gasteiger partial charge is 0.387 e. The van der Waals surface area contributed by atoms with Crippen LogP contribution in [0.5, 0.6) is 5.75 Å². The number of carboxylic acids is 1. The number of urea groups is 1. The van der Waals surface area contributed by atoms with Crippen LogP contribution in [0.15, 0.2) is 24.3 Å². The molecule has 0 spiro atoms. The molecule has 1 heterocycles. The standard InChI is InChI=1S/C12H12F2N2O4S/c13-11(14)20-9-4-2-1-3-7(9)15-12(19)16-6-21-5-8(16)10(17)18/h1-4,8,11H,5-6H2,(H,15,19)(H,17,18). The van der Waals surface area contributed by atoms with Gasteiger partial charge in [-0.2, -0.15) is 8.78 Å². The average Bonchev–Trinajstić information content (AvgIpc) is 2.90. The predicted molar refractivity (Wildman–Crippen MR) is 72.7 cm³/mol. The number of hydrogen-bond acceptors (Lipinski definition) is 4. The lowest BCUT2D eigenvalue weighted by atomic mass is 10.3. The molecule has 1 aromatic rings. The Kier molecular flexibility index (Phi) is 4.84. The Hall–Kier alpha value is -2.03. The SMILES string of the molecule is O=C(O)C1CSCN1C(=O)Nc1ccccc1OC(F)F. The number of aliphatic carboxylic acids is 1. The number of amides is 2. The second-order valence-corrected chi connectivity index (χ2v) is 5.13. The molecular weight excluding hydrogens is 306 g/mol. The molecule has 1 aliphatic heterocycles. The number of benzene rings is 1. The monoisotopic (exact) mass is 318 g/mol. The Morgan fingerprint density at radius 3 is 2.81 bits per heavy atom. The first-order valence-electron chi connectivity index (χ1n) is 5.91. The summed E-state index contributed by atoms with van der Waals surface area (Å²) in [5, 5.41) is 11.4. The number of carbonyl (C=O) groups excluding carboxylic acids is 1. The molecule has 2 N–H and O–H groups in total. The summed E-state index contributed by atoms with van der Waals surface area (Å²) in [6.07, 6.45) is 0. The lowest BCUT2D eigenvalue weighted by molar-refractivity contribution is -0.140. The second kappa shape index (κ2) is 6.61.